The van der Waals surface area contributed by atoms with Crippen molar-refractivity contribution in [3.63, 3.8) is 0 Å². The molecule has 5 rings (SSSR count). The van der Waals surface area contributed by atoms with Gasteiger partial charge in [0.05, 0.1) is 0 Å². The van der Waals surface area contributed by atoms with E-state index in [4.69, 9.17) is 0 Å². The Balaban J connectivity index is 1.17. The molecule has 0 unspecified atom stereocenters. The van der Waals surface area contributed by atoms with Crippen LogP contribution in [0.4, 0.5) is 17.5 Å². The summed E-state index contributed by atoms with van der Waals surface area (Å²) in [5.74, 6) is 2.25. The standard InChI is InChI=1S/C24H22N6OS/c31-24(19-8-6-18(7-9-19)20-4-3-17-32-20)30-15-13-29(14-16-30)23-11-10-22(27-28-23)26-21-5-1-2-12-25-21/h1-12,17H,13-16H2,(H,25,26,27). The predicted octanol–water partition coefficient (Wildman–Crippen LogP) is 4.31. The largest absolute Gasteiger partial charge is 0.352 e. The summed E-state index contributed by atoms with van der Waals surface area (Å²) >= 11 is 1.70. The number of hydrogen-bond acceptors (Lipinski definition) is 7. The average Bonchev–Trinajstić information content (AvgIpc) is 3.40. The number of carbonyl (C=O) groups is 1. The number of pyridine rings is 1. The number of anilines is 3. The van der Waals surface area contributed by atoms with E-state index in [0.717, 1.165) is 35.9 Å². The number of hydrogen-bond donors (Lipinski definition) is 1. The van der Waals surface area contributed by atoms with E-state index in [0.29, 0.717) is 18.9 Å². The zero-order valence-electron chi connectivity index (χ0n) is 17.4. The molecule has 0 atom stereocenters. The summed E-state index contributed by atoms with van der Waals surface area (Å²) in [4.78, 5) is 22.4. The summed E-state index contributed by atoms with van der Waals surface area (Å²) in [6, 6.07) is 21.5. The summed E-state index contributed by atoms with van der Waals surface area (Å²) in [5.41, 5.74) is 1.87. The van der Waals surface area contributed by atoms with Crippen molar-refractivity contribution in [3.05, 3.63) is 83.9 Å². The van der Waals surface area contributed by atoms with Crippen molar-refractivity contribution in [1.29, 1.82) is 0 Å². The number of benzene rings is 1. The lowest BCUT2D eigenvalue weighted by atomic mass is 10.1. The summed E-state index contributed by atoms with van der Waals surface area (Å²) in [5, 5.41) is 13.8. The predicted molar refractivity (Wildman–Crippen MR) is 127 cm³/mol. The number of nitrogens with one attached hydrogen (secondary N) is 1. The maximum Gasteiger partial charge on any atom is 0.253 e. The molecule has 0 aliphatic carbocycles. The summed E-state index contributed by atoms with van der Waals surface area (Å²) in [6.07, 6.45) is 1.73. The number of piperazine rings is 1. The molecule has 1 aliphatic rings. The third kappa shape index (κ3) is 4.45. The number of rotatable bonds is 5. The fourth-order valence-corrected chi connectivity index (χ4v) is 4.40. The van der Waals surface area contributed by atoms with Crippen LogP contribution >= 0.6 is 11.3 Å². The molecule has 1 N–H and O–H groups in total. The fourth-order valence-electron chi connectivity index (χ4n) is 3.67. The van der Waals surface area contributed by atoms with Crippen molar-refractivity contribution in [2.45, 2.75) is 0 Å². The lowest BCUT2D eigenvalue weighted by molar-refractivity contribution is 0.0746. The third-order valence-corrected chi connectivity index (χ3v) is 6.32. The molecule has 32 heavy (non-hydrogen) atoms. The maximum absolute atomic E-state index is 12.9. The van der Waals surface area contributed by atoms with Gasteiger partial charge in [0.2, 0.25) is 0 Å². The van der Waals surface area contributed by atoms with Crippen molar-refractivity contribution in [3.8, 4) is 10.4 Å². The van der Waals surface area contributed by atoms with Crippen LogP contribution in [0.15, 0.2) is 78.3 Å². The first kappa shape index (κ1) is 20.1. The van der Waals surface area contributed by atoms with Crippen molar-refractivity contribution >= 4 is 34.7 Å². The number of aromatic nitrogens is 3. The molecule has 4 aromatic rings. The lowest BCUT2D eigenvalue weighted by Gasteiger charge is -2.35. The molecule has 4 heterocycles. The second kappa shape index (κ2) is 9.15. The Morgan fingerprint density at radius 2 is 1.69 bits per heavy atom. The molecule has 1 aromatic carbocycles. The van der Waals surface area contributed by atoms with Crippen LogP contribution in [0.3, 0.4) is 0 Å². The zero-order valence-corrected chi connectivity index (χ0v) is 18.2. The van der Waals surface area contributed by atoms with Crippen LogP contribution in [-0.2, 0) is 0 Å². The Bertz CT molecular complexity index is 1160. The quantitative estimate of drug-likeness (QED) is 0.497. The van der Waals surface area contributed by atoms with Crippen LogP contribution in [0.1, 0.15) is 10.4 Å². The van der Waals surface area contributed by atoms with Crippen molar-refractivity contribution in [2.75, 3.05) is 36.4 Å². The molecular weight excluding hydrogens is 420 g/mol. The molecule has 8 heteroatoms. The molecular formula is C24H22N6OS. The number of amides is 1. The zero-order chi connectivity index (χ0) is 21.8. The highest BCUT2D eigenvalue weighted by Crippen LogP contribution is 2.25. The van der Waals surface area contributed by atoms with Gasteiger partial charge in [-0.05, 0) is 53.4 Å². The average molecular weight is 443 g/mol. The minimum Gasteiger partial charge on any atom is -0.352 e. The summed E-state index contributed by atoms with van der Waals surface area (Å²) < 4.78 is 0. The molecule has 0 bridgehead atoms. The van der Waals surface area contributed by atoms with Gasteiger partial charge in [0.1, 0.15) is 5.82 Å². The smallest absolute Gasteiger partial charge is 0.253 e. The van der Waals surface area contributed by atoms with Crippen LogP contribution in [0, 0.1) is 0 Å². The van der Waals surface area contributed by atoms with Gasteiger partial charge in [-0.1, -0.05) is 24.3 Å². The SMILES string of the molecule is O=C(c1ccc(-c2cccs2)cc1)N1CCN(c2ccc(Nc3ccccn3)nn2)CC1. The van der Waals surface area contributed by atoms with E-state index < -0.39 is 0 Å². The summed E-state index contributed by atoms with van der Waals surface area (Å²) in [6.45, 7) is 2.75. The minimum atomic E-state index is 0.0726. The Morgan fingerprint density at radius 3 is 2.34 bits per heavy atom. The van der Waals surface area contributed by atoms with Gasteiger partial charge < -0.3 is 15.1 Å². The highest BCUT2D eigenvalue weighted by molar-refractivity contribution is 7.13. The van der Waals surface area contributed by atoms with Crippen LogP contribution in [0.25, 0.3) is 10.4 Å². The first-order valence-electron chi connectivity index (χ1n) is 10.5. The first-order chi connectivity index (χ1) is 15.8. The number of thiophene rings is 1. The molecule has 1 amide bonds. The van der Waals surface area contributed by atoms with Gasteiger partial charge in [-0.25, -0.2) is 4.98 Å². The van der Waals surface area contributed by atoms with Gasteiger partial charge in [0.15, 0.2) is 11.6 Å². The van der Waals surface area contributed by atoms with Crippen molar-refractivity contribution in [2.24, 2.45) is 0 Å². The molecule has 160 valence electrons. The summed E-state index contributed by atoms with van der Waals surface area (Å²) in [7, 11) is 0. The lowest BCUT2D eigenvalue weighted by Crippen LogP contribution is -2.49. The molecule has 7 nitrogen and oxygen atoms in total. The molecule has 1 saturated heterocycles. The van der Waals surface area contributed by atoms with Crippen LogP contribution in [-0.4, -0.2) is 52.2 Å². The van der Waals surface area contributed by atoms with Crippen LogP contribution < -0.4 is 10.2 Å². The molecule has 1 fully saturated rings. The van der Waals surface area contributed by atoms with Gasteiger partial charge in [-0.2, -0.15) is 0 Å². The maximum atomic E-state index is 12.9. The second-order valence-corrected chi connectivity index (χ2v) is 8.40. The Hall–Kier alpha value is -3.78. The second-order valence-electron chi connectivity index (χ2n) is 7.45. The first-order valence-corrected chi connectivity index (χ1v) is 11.3. The normalized spacial score (nSPS) is 13.8. The van der Waals surface area contributed by atoms with Gasteiger partial charge in [-0.15, -0.1) is 21.5 Å². The van der Waals surface area contributed by atoms with Gasteiger partial charge in [-0.3, -0.25) is 4.79 Å². The molecule has 0 spiro atoms. The van der Waals surface area contributed by atoms with E-state index in [1.165, 1.54) is 4.88 Å². The van der Waals surface area contributed by atoms with Crippen molar-refractivity contribution in [1.82, 2.24) is 20.1 Å². The fraction of sp³-hybridized carbons (Fsp3) is 0.167. The molecule has 0 saturated carbocycles. The molecule has 0 radical (unpaired) electrons. The Morgan fingerprint density at radius 1 is 0.844 bits per heavy atom. The van der Waals surface area contributed by atoms with Gasteiger partial charge in [0.25, 0.3) is 5.91 Å². The third-order valence-electron chi connectivity index (χ3n) is 5.40. The van der Waals surface area contributed by atoms with Crippen LogP contribution in [0.5, 0.6) is 0 Å². The van der Waals surface area contributed by atoms with E-state index in [9.17, 15) is 4.79 Å². The van der Waals surface area contributed by atoms with Crippen molar-refractivity contribution < 1.29 is 4.79 Å². The van der Waals surface area contributed by atoms with E-state index in [1.54, 1.807) is 17.5 Å². The van der Waals surface area contributed by atoms with Gasteiger partial charge in [0, 0.05) is 42.8 Å². The Labute approximate surface area is 190 Å². The number of carbonyl (C=O) groups excluding carboxylic acids is 1. The monoisotopic (exact) mass is 442 g/mol. The number of nitrogens with zero attached hydrogens (tertiary/aromatic N) is 5. The Kier molecular flexibility index (Phi) is 5.76. The molecule has 3 aromatic heterocycles. The van der Waals surface area contributed by atoms with E-state index in [-0.39, 0.29) is 5.91 Å². The van der Waals surface area contributed by atoms with E-state index >= 15 is 0 Å². The highest BCUT2D eigenvalue weighted by Gasteiger charge is 2.23. The minimum absolute atomic E-state index is 0.0726. The van der Waals surface area contributed by atoms with E-state index in [1.807, 2.05) is 65.6 Å². The highest BCUT2D eigenvalue weighted by atomic mass is 32.1. The van der Waals surface area contributed by atoms with E-state index in [2.05, 4.69) is 36.8 Å². The topological polar surface area (TPSA) is 74.2 Å². The molecule has 1 aliphatic heterocycles. The van der Waals surface area contributed by atoms with Crippen LogP contribution in [0.2, 0.25) is 0 Å². The van der Waals surface area contributed by atoms with Gasteiger partial charge >= 0.3 is 0 Å².